The van der Waals surface area contributed by atoms with Gasteiger partial charge in [0.2, 0.25) is 0 Å². The average Bonchev–Trinajstić information content (AvgIpc) is 1.79. The Hall–Kier alpha value is -0.570. The van der Waals surface area contributed by atoms with E-state index in [9.17, 15) is 4.79 Å². The zero-order valence-corrected chi connectivity index (χ0v) is 5.59. The molecular weight excluding hydrogens is 120 g/mol. The fourth-order valence-electron chi connectivity index (χ4n) is 0.737. The van der Waals surface area contributed by atoms with Crippen LogP contribution >= 0.6 is 0 Å². The van der Waals surface area contributed by atoms with Crippen LogP contribution in [0.3, 0.4) is 0 Å². The molecule has 0 saturated carbocycles. The molecule has 0 bridgehead atoms. The fraction of sp³-hybridized carbons (Fsp3) is 0.833. The third kappa shape index (κ3) is 1.21. The molecule has 0 amide bonds. The SMILES string of the molecule is CO[C@@H](C)[C@@H]1CC(=O)O1. The summed E-state index contributed by atoms with van der Waals surface area (Å²) in [4.78, 5) is 10.3. The van der Waals surface area contributed by atoms with Gasteiger partial charge < -0.3 is 9.47 Å². The van der Waals surface area contributed by atoms with Gasteiger partial charge in [0.1, 0.15) is 6.10 Å². The van der Waals surface area contributed by atoms with Gasteiger partial charge in [0, 0.05) is 7.11 Å². The number of hydrogen-bond acceptors (Lipinski definition) is 3. The number of hydrogen-bond donors (Lipinski definition) is 0. The van der Waals surface area contributed by atoms with Crippen molar-refractivity contribution in [1.82, 2.24) is 0 Å². The van der Waals surface area contributed by atoms with Gasteiger partial charge in [-0.25, -0.2) is 0 Å². The number of ether oxygens (including phenoxy) is 2. The Morgan fingerprint density at radius 3 is 2.78 bits per heavy atom. The van der Waals surface area contributed by atoms with E-state index in [2.05, 4.69) is 0 Å². The van der Waals surface area contributed by atoms with Gasteiger partial charge in [0.05, 0.1) is 12.5 Å². The van der Waals surface area contributed by atoms with Crippen LogP contribution in [-0.4, -0.2) is 25.3 Å². The van der Waals surface area contributed by atoms with Crippen LogP contribution in [0, 0.1) is 0 Å². The van der Waals surface area contributed by atoms with Gasteiger partial charge in [-0.3, -0.25) is 4.79 Å². The molecule has 0 aliphatic carbocycles. The van der Waals surface area contributed by atoms with E-state index in [0.29, 0.717) is 6.42 Å². The third-order valence-electron chi connectivity index (χ3n) is 1.55. The van der Waals surface area contributed by atoms with Crippen molar-refractivity contribution in [2.75, 3.05) is 7.11 Å². The standard InChI is InChI=1S/C6H10O3/c1-4(8-2)5-3-6(7)9-5/h4-5H,3H2,1-2H3/t4-,5-/m0/s1. The Bertz CT molecular complexity index is 113. The lowest BCUT2D eigenvalue weighted by atomic mass is 10.1. The van der Waals surface area contributed by atoms with E-state index in [0.717, 1.165) is 0 Å². The highest BCUT2D eigenvalue weighted by molar-refractivity contribution is 5.75. The maximum atomic E-state index is 10.3. The summed E-state index contributed by atoms with van der Waals surface area (Å²) in [6.45, 7) is 1.89. The summed E-state index contributed by atoms with van der Waals surface area (Å²) in [6, 6.07) is 0. The van der Waals surface area contributed by atoms with Gasteiger partial charge in [-0.2, -0.15) is 0 Å². The zero-order chi connectivity index (χ0) is 6.85. The van der Waals surface area contributed by atoms with Gasteiger partial charge in [-0.05, 0) is 6.92 Å². The van der Waals surface area contributed by atoms with Crippen molar-refractivity contribution in [3.8, 4) is 0 Å². The average molecular weight is 130 g/mol. The van der Waals surface area contributed by atoms with Crippen LogP contribution in [0.4, 0.5) is 0 Å². The van der Waals surface area contributed by atoms with E-state index in [-0.39, 0.29) is 18.2 Å². The molecule has 2 atom stereocenters. The summed E-state index contributed by atoms with van der Waals surface area (Å²) in [6.07, 6.45) is 0.555. The van der Waals surface area contributed by atoms with E-state index in [4.69, 9.17) is 9.47 Å². The Kier molecular flexibility index (Phi) is 1.71. The predicted octanol–water partition coefficient (Wildman–Crippen LogP) is 0.337. The molecule has 0 unspecified atom stereocenters. The Labute approximate surface area is 53.9 Å². The molecule has 0 spiro atoms. The zero-order valence-electron chi connectivity index (χ0n) is 5.59. The molecule has 1 aliphatic rings. The third-order valence-corrected chi connectivity index (χ3v) is 1.55. The van der Waals surface area contributed by atoms with Gasteiger partial charge in [-0.1, -0.05) is 0 Å². The van der Waals surface area contributed by atoms with Crippen molar-refractivity contribution in [3.05, 3.63) is 0 Å². The molecule has 1 fully saturated rings. The van der Waals surface area contributed by atoms with E-state index in [1.54, 1.807) is 7.11 Å². The number of carbonyl (C=O) groups excluding carboxylic acids is 1. The molecule has 0 radical (unpaired) electrons. The molecule has 1 saturated heterocycles. The predicted molar refractivity (Wildman–Crippen MR) is 31.0 cm³/mol. The molecule has 1 rings (SSSR count). The molecule has 3 nitrogen and oxygen atoms in total. The topological polar surface area (TPSA) is 35.5 Å². The molecule has 0 aromatic carbocycles. The van der Waals surface area contributed by atoms with Crippen molar-refractivity contribution < 1.29 is 14.3 Å². The summed E-state index contributed by atoms with van der Waals surface area (Å²) in [7, 11) is 1.61. The van der Waals surface area contributed by atoms with Crippen LogP contribution in [0.2, 0.25) is 0 Å². The first kappa shape index (κ1) is 6.55. The smallest absolute Gasteiger partial charge is 0.310 e. The lowest BCUT2D eigenvalue weighted by molar-refractivity contribution is -0.181. The van der Waals surface area contributed by atoms with Gasteiger partial charge in [0.15, 0.2) is 0 Å². The van der Waals surface area contributed by atoms with Gasteiger partial charge in [0.25, 0.3) is 0 Å². The van der Waals surface area contributed by atoms with Crippen LogP contribution in [0.15, 0.2) is 0 Å². The van der Waals surface area contributed by atoms with Crippen LogP contribution in [0.1, 0.15) is 13.3 Å². The summed E-state index contributed by atoms with van der Waals surface area (Å²) in [5.74, 6) is -0.121. The number of rotatable bonds is 2. The lowest BCUT2D eigenvalue weighted by Gasteiger charge is -2.29. The second-order valence-corrected chi connectivity index (χ2v) is 2.17. The van der Waals surface area contributed by atoms with E-state index < -0.39 is 0 Å². The molecule has 1 heterocycles. The first-order chi connectivity index (χ1) is 4.24. The van der Waals surface area contributed by atoms with Crippen molar-refractivity contribution >= 4 is 5.97 Å². The molecule has 0 N–H and O–H groups in total. The van der Waals surface area contributed by atoms with E-state index in [1.165, 1.54) is 0 Å². The van der Waals surface area contributed by atoms with Gasteiger partial charge >= 0.3 is 5.97 Å². The Balaban J connectivity index is 2.23. The quantitative estimate of drug-likeness (QED) is 0.505. The molecule has 0 aromatic rings. The van der Waals surface area contributed by atoms with Crippen molar-refractivity contribution in [1.29, 1.82) is 0 Å². The summed E-state index contributed by atoms with van der Waals surface area (Å²) in [5, 5.41) is 0. The Morgan fingerprint density at radius 1 is 1.89 bits per heavy atom. The number of cyclic esters (lactones) is 1. The lowest BCUT2D eigenvalue weighted by Crippen LogP contribution is -2.41. The van der Waals surface area contributed by atoms with Crippen molar-refractivity contribution in [2.45, 2.75) is 25.6 Å². The Morgan fingerprint density at radius 2 is 2.44 bits per heavy atom. The monoisotopic (exact) mass is 130 g/mol. The van der Waals surface area contributed by atoms with E-state index >= 15 is 0 Å². The minimum atomic E-state index is -0.121. The molecule has 0 aromatic heterocycles. The highest BCUT2D eigenvalue weighted by Gasteiger charge is 2.33. The highest BCUT2D eigenvalue weighted by Crippen LogP contribution is 2.17. The molecule has 9 heavy (non-hydrogen) atoms. The van der Waals surface area contributed by atoms with Crippen LogP contribution in [0.25, 0.3) is 0 Å². The van der Waals surface area contributed by atoms with Crippen molar-refractivity contribution in [3.63, 3.8) is 0 Å². The van der Waals surface area contributed by atoms with Crippen LogP contribution < -0.4 is 0 Å². The second kappa shape index (κ2) is 2.35. The minimum absolute atomic E-state index is 0.00231. The highest BCUT2D eigenvalue weighted by atomic mass is 16.6. The molecule has 3 heteroatoms. The molecule has 52 valence electrons. The maximum Gasteiger partial charge on any atom is 0.310 e. The number of methoxy groups -OCH3 is 1. The first-order valence-corrected chi connectivity index (χ1v) is 2.96. The molecular formula is C6H10O3. The summed E-state index contributed by atoms with van der Waals surface area (Å²) in [5.41, 5.74) is 0. The minimum Gasteiger partial charge on any atom is -0.459 e. The fourth-order valence-corrected chi connectivity index (χ4v) is 0.737. The largest absolute Gasteiger partial charge is 0.459 e. The van der Waals surface area contributed by atoms with Crippen molar-refractivity contribution in [2.24, 2.45) is 0 Å². The first-order valence-electron chi connectivity index (χ1n) is 2.96. The van der Waals surface area contributed by atoms with Gasteiger partial charge in [-0.15, -0.1) is 0 Å². The van der Waals surface area contributed by atoms with Crippen LogP contribution in [0.5, 0.6) is 0 Å². The second-order valence-electron chi connectivity index (χ2n) is 2.17. The summed E-state index contributed by atoms with van der Waals surface area (Å²) >= 11 is 0. The number of esters is 1. The number of carbonyl (C=O) groups is 1. The van der Waals surface area contributed by atoms with E-state index in [1.807, 2.05) is 6.92 Å². The normalized spacial score (nSPS) is 28.7. The maximum absolute atomic E-state index is 10.3. The van der Waals surface area contributed by atoms with Crippen LogP contribution in [-0.2, 0) is 14.3 Å². The molecule has 1 aliphatic heterocycles. The summed E-state index contributed by atoms with van der Waals surface area (Å²) < 4.78 is 9.65.